The Morgan fingerprint density at radius 2 is 1.86 bits per heavy atom. The zero-order valence-electron chi connectivity index (χ0n) is 15.9. The molecule has 1 saturated heterocycles. The van der Waals surface area contributed by atoms with Gasteiger partial charge in [-0.25, -0.2) is 4.79 Å². The summed E-state index contributed by atoms with van der Waals surface area (Å²) in [6.07, 6.45) is 1.81. The Labute approximate surface area is 164 Å². The van der Waals surface area contributed by atoms with E-state index in [9.17, 15) is 14.4 Å². The first-order valence-electron chi connectivity index (χ1n) is 9.36. The molecule has 1 aliphatic heterocycles. The molecule has 1 fully saturated rings. The van der Waals surface area contributed by atoms with Crippen molar-refractivity contribution in [3.8, 4) is 0 Å². The highest BCUT2D eigenvalue weighted by Gasteiger charge is 2.23. The first-order chi connectivity index (χ1) is 13.6. The van der Waals surface area contributed by atoms with Gasteiger partial charge in [0.2, 0.25) is 5.91 Å². The average Bonchev–Trinajstić information content (AvgIpc) is 3.12. The molecule has 6 heteroatoms. The fourth-order valence-electron chi connectivity index (χ4n) is 3.33. The molecule has 0 aromatic heterocycles. The maximum absolute atomic E-state index is 12.7. The smallest absolute Gasteiger partial charge is 0.328 e. The molecule has 0 spiro atoms. The summed E-state index contributed by atoms with van der Waals surface area (Å²) < 4.78 is 4.85. The number of carbonyl (C=O) groups excluding carboxylic acids is 3. The Morgan fingerprint density at radius 1 is 1.11 bits per heavy atom. The number of hydrogen-bond donors (Lipinski definition) is 1. The summed E-state index contributed by atoms with van der Waals surface area (Å²) in [6, 6.07) is 15.8. The Hall–Kier alpha value is -3.15. The minimum absolute atomic E-state index is 0.142. The zero-order chi connectivity index (χ0) is 19.9. The number of amides is 2. The van der Waals surface area contributed by atoms with E-state index in [-0.39, 0.29) is 11.8 Å². The lowest BCUT2D eigenvalue weighted by Crippen LogP contribution is -2.43. The van der Waals surface area contributed by atoms with E-state index in [2.05, 4.69) is 5.32 Å². The number of nitrogens with zero attached hydrogens (tertiary/aromatic N) is 1. The number of ether oxygens (including phenoxy) is 1. The summed E-state index contributed by atoms with van der Waals surface area (Å²) in [5, 5.41) is 2.77. The molecule has 2 aromatic rings. The van der Waals surface area contributed by atoms with Crippen LogP contribution < -0.4 is 5.32 Å². The second-order valence-corrected chi connectivity index (χ2v) is 6.86. The lowest BCUT2D eigenvalue weighted by Gasteiger charge is -2.18. The molecule has 0 saturated carbocycles. The number of carbonyl (C=O) groups is 3. The molecule has 0 unspecified atom stereocenters. The summed E-state index contributed by atoms with van der Waals surface area (Å²) in [5.74, 6) is -0.694. The predicted octanol–water partition coefficient (Wildman–Crippen LogP) is 2.32. The Bertz CT molecular complexity index is 851. The summed E-state index contributed by atoms with van der Waals surface area (Å²) in [4.78, 5) is 38.5. The van der Waals surface area contributed by atoms with Gasteiger partial charge in [0.15, 0.2) is 0 Å². The van der Waals surface area contributed by atoms with Crippen LogP contribution in [-0.4, -0.2) is 42.4 Å². The molecule has 0 bridgehead atoms. The summed E-state index contributed by atoms with van der Waals surface area (Å²) in [6.45, 7) is 1.24. The number of methoxy groups -OCH3 is 1. The van der Waals surface area contributed by atoms with E-state index >= 15 is 0 Å². The van der Waals surface area contributed by atoms with Crippen LogP contribution in [0.1, 0.15) is 34.3 Å². The van der Waals surface area contributed by atoms with Gasteiger partial charge in [-0.3, -0.25) is 9.59 Å². The molecule has 1 atom stereocenters. The van der Waals surface area contributed by atoms with E-state index < -0.39 is 12.0 Å². The molecule has 0 radical (unpaired) electrons. The maximum atomic E-state index is 12.7. The van der Waals surface area contributed by atoms with Crippen LogP contribution in [-0.2, 0) is 27.3 Å². The number of rotatable bonds is 7. The first-order valence-corrected chi connectivity index (χ1v) is 9.36. The van der Waals surface area contributed by atoms with Crippen molar-refractivity contribution < 1.29 is 19.1 Å². The molecule has 1 heterocycles. The van der Waals surface area contributed by atoms with Crippen molar-refractivity contribution in [3.05, 3.63) is 71.3 Å². The summed E-state index contributed by atoms with van der Waals surface area (Å²) in [7, 11) is 1.31. The summed E-state index contributed by atoms with van der Waals surface area (Å²) >= 11 is 0. The number of hydrogen-bond acceptors (Lipinski definition) is 4. The van der Waals surface area contributed by atoms with Crippen LogP contribution in [0.5, 0.6) is 0 Å². The number of esters is 1. The SMILES string of the molecule is COC(=O)[C@H](Cc1ccccc1)NC(=O)c1cccc(CN2CCCC2=O)c1. The van der Waals surface area contributed by atoms with Gasteiger partial charge < -0.3 is 15.0 Å². The highest BCUT2D eigenvalue weighted by molar-refractivity contribution is 5.97. The van der Waals surface area contributed by atoms with Crippen molar-refractivity contribution in [2.75, 3.05) is 13.7 Å². The number of likely N-dealkylation sites (tertiary alicyclic amines) is 1. The third kappa shape index (κ3) is 4.97. The normalized spacial score (nSPS) is 14.6. The van der Waals surface area contributed by atoms with E-state index in [1.807, 2.05) is 36.4 Å². The van der Waals surface area contributed by atoms with E-state index in [1.54, 1.807) is 23.1 Å². The largest absolute Gasteiger partial charge is 0.467 e. The molecule has 2 aromatic carbocycles. The van der Waals surface area contributed by atoms with Crippen LogP contribution in [0.2, 0.25) is 0 Å². The Balaban J connectivity index is 1.69. The molecule has 146 valence electrons. The van der Waals surface area contributed by atoms with Crippen LogP contribution in [0, 0.1) is 0 Å². The van der Waals surface area contributed by atoms with E-state index in [0.717, 1.165) is 24.1 Å². The molecule has 1 N–H and O–H groups in total. The molecule has 28 heavy (non-hydrogen) atoms. The minimum Gasteiger partial charge on any atom is -0.467 e. The van der Waals surface area contributed by atoms with Gasteiger partial charge in [-0.15, -0.1) is 0 Å². The van der Waals surface area contributed by atoms with Gasteiger partial charge in [-0.2, -0.15) is 0 Å². The van der Waals surface area contributed by atoms with Crippen molar-refractivity contribution in [2.45, 2.75) is 31.8 Å². The van der Waals surface area contributed by atoms with E-state index in [1.165, 1.54) is 7.11 Å². The number of benzene rings is 2. The Morgan fingerprint density at radius 3 is 2.54 bits per heavy atom. The third-order valence-corrected chi connectivity index (χ3v) is 4.81. The first kappa shape index (κ1) is 19.6. The molecular weight excluding hydrogens is 356 g/mol. The lowest BCUT2D eigenvalue weighted by molar-refractivity contribution is -0.142. The van der Waals surface area contributed by atoms with Crippen molar-refractivity contribution >= 4 is 17.8 Å². The maximum Gasteiger partial charge on any atom is 0.328 e. The van der Waals surface area contributed by atoms with Gasteiger partial charge in [0.1, 0.15) is 6.04 Å². The van der Waals surface area contributed by atoms with Crippen LogP contribution in [0.3, 0.4) is 0 Å². The second kappa shape index (κ2) is 9.17. The quantitative estimate of drug-likeness (QED) is 0.748. The highest BCUT2D eigenvalue weighted by atomic mass is 16.5. The van der Waals surface area contributed by atoms with Gasteiger partial charge in [0.05, 0.1) is 7.11 Å². The van der Waals surface area contributed by atoms with Crippen LogP contribution >= 0.6 is 0 Å². The van der Waals surface area contributed by atoms with Crippen LogP contribution in [0.4, 0.5) is 0 Å². The van der Waals surface area contributed by atoms with E-state index in [0.29, 0.717) is 24.9 Å². The highest BCUT2D eigenvalue weighted by Crippen LogP contribution is 2.15. The second-order valence-electron chi connectivity index (χ2n) is 6.86. The zero-order valence-corrected chi connectivity index (χ0v) is 15.9. The van der Waals surface area contributed by atoms with Crippen LogP contribution in [0.15, 0.2) is 54.6 Å². The topological polar surface area (TPSA) is 75.7 Å². The van der Waals surface area contributed by atoms with Gasteiger partial charge in [0.25, 0.3) is 5.91 Å². The molecular formula is C22H24N2O4. The van der Waals surface area contributed by atoms with E-state index in [4.69, 9.17) is 4.74 Å². The van der Waals surface area contributed by atoms with Crippen molar-refractivity contribution in [1.29, 1.82) is 0 Å². The number of nitrogens with one attached hydrogen (secondary N) is 1. The fourth-order valence-corrected chi connectivity index (χ4v) is 3.33. The molecule has 3 rings (SSSR count). The monoisotopic (exact) mass is 380 g/mol. The van der Waals surface area contributed by atoms with Crippen molar-refractivity contribution in [2.24, 2.45) is 0 Å². The van der Waals surface area contributed by atoms with Gasteiger partial charge >= 0.3 is 5.97 Å². The van der Waals surface area contributed by atoms with Gasteiger partial charge in [-0.05, 0) is 29.7 Å². The van der Waals surface area contributed by atoms with Crippen molar-refractivity contribution in [1.82, 2.24) is 10.2 Å². The lowest BCUT2D eigenvalue weighted by atomic mass is 10.0. The Kier molecular flexibility index (Phi) is 6.42. The van der Waals surface area contributed by atoms with Crippen LogP contribution in [0.25, 0.3) is 0 Å². The average molecular weight is 380 g/mol. The third-order valence-electron chi connectivity index (χ3n) is 4.81. The van der Waals surface area contributed by atoms with Crippen molar-refractivity contribution in [3.63, 3.8) is 0 Å². The van der Waals surface area contributed by atoms with Gasteiger partial charge in [-0.1, -0.05) is 42.5 Å². The molecule has 1 aliphatic rings. The predicted molar refractivity (Wildman–Crippen MR) is 105 cm³/mol. The standard InChI is InChI=1S/C22H24N2O4/c1-28-22(27)19(14-16-7-3-2-4-8-16)23-21(26)18-10-5-9-17(13-18)15-24-12-6-11-20(24)25/h2-5,7-10,13,19H,6,11-12,14-15H2,1H3,(H,23,26)/t19-/m0/s1. The molecule has 6 nitrogen and oxygen atoms in total. The molecule has 2 amide bonds. The molecule has 0 aliphatic carbocycles. The fraction of sp³-hybridized carbons (Fsp3) is 0.318. The summed E-state index contributed by atoms with van der Waals surface area (Å²) in [5.41, 5.74) is 2.27. The minimum atomic E-state index is -0.774. The van der Waals surface area contributed by atoms with Gasteiger partial charge in [0, 0.05) is 31.5 Å².